The summed E-state index contributed by atoms with van der Waals surface area (Å²) >= 11 is 1.63. The fourth-order valence-corrected chi connectivity index (χ4v) is 7.59. The van der Waals surface area contributed by atoms with Gasteiger partial charge >= 0.3 is 6.61 Å². The van der Waals surface area contributed by atoms with E-state index in [0.717, 1.165) is 43.8 Å². The average molecular weight is 697 g/mol. The van der Waals surface area contributed by atoms with Crippen molar-refractivity contribution >= 4 is 34.9 Å². The molecule has 0 aliphatic carbocycles. The number of amides is 2. The van der Waals surface area contributed by atoms with Crippen molar-refractivity contribution in [1.82, 2.24) is 34.2 Å². The number of likely N-dealkylation sites (tertiary alicyclic amines) is 1. The molecular formula is C33H38F2N8O5S. The number of piperidine rings is 1. The van der Waals surface area contributed by atoms with Crippen molar-refractivity contribution in [2.24, 2.45) is 0 Å². The number of carbonyl (C=O) groups excluding carboxylic acids is 2. The van der Waals surface area contributed by atoms with Crippen molar-refractivity contribution in [2.45, 2.75) is 61.1 Å². The number of alkyl halides is 2. The molecule has 3 aliphatic rings. The number of fused-ring (bicyclic) bond motifs is 1. The third-order valence-corrected chi connectivity index (χ3v) is 10.6. The maximum atomic E-state index is 13.7. The first kappa shape index (κ1) is 33.4. The van der Waals surface area contributed by atoms with Gasteiger partial charge in [-0.3, -0.25) is 19.2 Å². The molecule has 6 heterocycles. The maximum absolute atomic E-state index is 13.7. The van der Waals surface area contributed by atoms with Crippen molar-refractivity contribution in [1.29, 1.82) is 0 Å². The zero-order valence-electron chi connectivity index (χ0n) is 27.0. The Morgan fingerprint density at radius 3 is 2.65 bits per heavy atom. The molecule has 4 aromatic rings. The van der Waals surface area contributed by atoms with Gasteiger partial charge in [0.25, 0.3) is 5.91 Å². The lowest BCUT2D eigenvalue weighted by Crippen LogP contribution is -2.54. The molecule has 7 rings (SSSR count). The topological polar surface area (TPSA) is 128 Å². The number of benzene rings is 1. The molecule has 0 spiro atoms. The van der Waals surface area contributed by atoms with Gasteiger partial charge in [0.2, 0.25) is 5.91 Å². The average Bonchev–Trinajstić information content (AvgIpc) is 3.69. The summed E-state index contributed by atoms with van der Waals surface area (Å²) in [6.07, 6.45) is 9.61. The number of thioether (sulfide) groups is 1. The van der Waals surface area contributed by atoms with Gasteiger partial charge in [-0.25, -0.2) is 9.50 Å². The summed E-state index contributed by atoms with van der Waals surface area (Å²) in [4.78, 5) is 36.4. The Labute approximate surface area is 285 Å². The molecule has 260 valence electrons. The molecule has 3 aliphatic heterocycles. The maximum Gasteiger partial charge on any atom is 0.387 e. The first-order valence-corrected chi connectivity index (χ1v) is 17.3. The number of nitrogens with zero attached hydrogens (tertiary/aromatic N) is 7. The zero-order valence-corrected chi connectivity index (χ0v) is 27.9. The molecule has 1 aromatic carbocycles. The number of hydrogen-bond donors (Lipinski definition) is 1. The molecule has 16 heteroatoms. The molecule has 1 N–H and O–H groups in total. The highest BCUT2D eigenvalue weighted by atomic mass is 32.2. The SMILES string of the molecule is CN(C1CCN(C(=O)Cn2cc(NC(=O)c3cnn4cccnc34)c(-c3cc(SC4CCOCC4)ccc3OC(F)F)n2)CC1)C1COC1. The minimum absolute atomic E-state index is 0.0976. The van der Waals surface area contributed by atoms with Crippen molar-refractivity contribution in [2.75, 3.05) is 51.9 Å². The molecule has 13 nitrogen and oxygen atoms in total. The number of rotatable bonds is 11. The summed E-state index contributed by atoms with van der Waals surface area (Å²) in [5.74, 6) is -0.744. The third kappa shape index (κ3) is 7.56. The van der Waals surface area contributed by atoms with E-state index in [-0.39, 0.29) is 40.7 Å². The molecule has 3 saturated heterocycles. The van der Waals surface area contributed by atoms with Crippen molar-refractivity contribution in [3.8, 4) is 17.0 Å². The summed E-state index contributed by atoms with van der Waals surface area (Å²) in [6, 6.07) is 7.47. The summed E-state index contributed by atoms with van der Waals surface area (Å²) < 4.78 is 46.0. The van der Waals surface area contributed by atoms with E-state index < -0.39 is 12.5 Å². The van der Waals surface area contributed by atoms with E-state index in [1.807, 2.05) is 4.90 Å². The largest absolute Gasteiger partial charge is 0.434 e. The molecule has 49 heavy (non-hydrogen) atoms. The predicted molar refractivity (Wildman–Crippen MR) is 177 cm³/mol. The summed E-state index contributed by atoms with van der Waals surface area (Å²) in [7, 11) is 2.11. The van der Waals surface area contributed by atoms with Gasteiger partial charge in [-0.1, -0.05) is 0 Å². The van der Waals surface area contributed by atoms with Gasteiger partial charge in [0.1, 0.15) is 23.6 Å². The van der Waals surface area contributed by atoms with E-state index in [2.05, 4.69) is 27.3 Å². The Hall–Kier alpha value is -4.12. The molecule has 0 radical (unpaired) electrons. The van der Waals surface area contributed by atoms with E-state index in [9.17, 15) is 18.4 Å². The Bertz CT molecular complexity index is 1790. The highest BCUT2D eigenvalue weighted by molar-refractivity contribution is 8.00. The minimum atomic E-state index is -3.09. The van der Waals surface area contributed by atoms with Crippen LogP contribution in [0, 0.1) is 0 Å². The molecular weight excluding hydrogens is 658 g/mol. The number of halogens is 2. The number of ether oxygens (including phenoxy) is 3. The van der Waals surface area contributed by atoms with Crippen LogP contribution in [0.15, 0.2) is 53.9 Å². The summed E-state index contributed by atoms with van der Waals surface area (Å²) in [5, 5.41) is 12.1. The number of carbonyl (C=O) groups is 2. The first-order valence-electron chi connectivity index (χ1n) is 16.4. The van der Waals surface area contributed by atoms with Gasteiger partial charge in [-0.15, -0.1) is 11.8 Å². The van der Waals surface area contributed by atoms with E-state index in [4.69, 9.17) is 19.3 Å². The lowest BCUT2D eigenvalue weighted by molar-refractivity contribution is -0.134. The van der Waals surface area contributed by atoms with Gasteiger partial charge in [0.15, 0.2) is 5.65 Å². The van der Waals surface area contributed by atoms with Crippen LogP contribution in [0.4, 0.5) is 14.5 Å². The normalized spacial score (nSPS) is 17.9. The van der Waals surface area contributed by atoms with Gasteiger partial charge in [0.05, 0.1) is 31.1 Å². The second-order valence-corrected chi connectivity index (χ2v) is 13.8. The monoisotopic (exact) mass is 696 g/mol. The number of nitrogens with one attached hydrogen (secondary N) is 1. The van der Waals surface area contributed by atoms with Gasteiger partial charge in [0, 0.05) is 66.6 Å². The van der Waals surface area contributed by atoms with Crippen LogP contribution in [0.2, 0.25) is 0 Å². The van der Waals surface area contributed by atoms with Crippen molar-refractivity contribution in [3.05, 3.63) is 54.6 Å². The smallest absolute Gasteiger partial charge is 0.387 e. The van der Waals surface area contributed by atoms with Crippen LogP contribution in [0.25, 0.3) is 16.9 Å². The standard InChI is InChI=1S/C33H38F2N8O5S/c1-40(22-19-47-20-22)21-5-11-41(12-6-21)29(44)18-42-17-27(38-32(45)26-16-37-43-10-2-9-36-31(26)43)30(39-42)25-15-24(3-4-28(25)48-33(34)35)49-23-7-13-46-14-8-23/h2-4,9-10,15-17,21-23,33H,5-8,11-14,18-20H2,1H3,(H,38,45). The summed E-state index contributed by atoms with van der Waals surface area (Å²) in [5.41, 5.74) is 1.24. The van der Waals surface area contributed by atoms with E-state index >= 15 is 0 Å². The fourth-order valence-electron chi connectivity index (χ4n) is 6.44. The Kier molecular flexibility index (Phi) is 10.1. The molecule has 2 amide bonds. The minimum Gasteiger partial charge on any atom is -0.434 e. The molecule has 0 bridgehead atoms. The number of anilines is 1. The van der Waals surface area contributed by atoms with Gasteiger partial charge in [-0.2, -0.15) is 19.0 Å². The molecule has 0 atom stereocenters. The van der Waals surface area contributed by atoms with Crippen LogP contribution < -0.4 is 10.1 Å². The molecule has 3 fully saturated rings. The lowest BCUT2D eigenvalue weighted by Gasteiger charge is -2.43. The highest BCUT2D eigenvalue weighted by Gasteiger charge is 2.32. The highest BCUT2D eigenvalue weighted by Crippen LogP contribution is 2.40. The third-order valence-electron chi connectivity index (χ3n) is 9.31. The number of hydrogen-bond acceptors (Lipinski definition) is 10. The second kappa shape index (κ2) is 14.8. The Balaban J connectivity index is 1.17. The van der Waals surface area contributed by atoms with Crippen LogP contribution in [0.3, 0.4) is 0 Å². The quantitative estimate of drug-likeness (QED) is 0.246. The van der Waals surface area contributed by atoms with Crippen LogP contribution in [-0.2, 0) is 20.8 Å². The van der Waals surface area contributed by atoms with Gasteiger partial charge in [-0.05, 0) is 57.0 Å². The van der Waals surface area contributed by atoms with E-state index in [1.165, 1.54) is 21.5 Å². The van der Waals surface area contributed by atoms with E-state index in [1.54, 1.807) is 48.6 Å². The molecule has 0 unspecified atom stereocenters. The van der Waals surface area contributed by atoms with Crippen LogP contribution in [-0.4, -0.2) is 117 Å². The van der Waals surface area contributed by atoms with E-state index in [0.29, 0.717) is 49.3 Å². The second-order valence-electron chi connectivity index (χ2n) is 12.4. The van der Waals surface area contributed by atoms with Crippen LogP contribution >= 0.6 is 11.8 Å². The zero-order chi connectivity index (χ0) is 33.9. The Morgan fingerprint density at radius 1 is 1.12 bits per heavy atom. The number of likely N-dealkylation sites (N-methyl/N-ethyl adjacent to an activating group) is 1. The number of aromatic nitrogens is 5. The lowest BCUT2D eigenvalue weighted by atomic mass is 10.0. The fraction of sp³-hybridized carbons (Fsp3) is 0.485. The van der Waals surface area contributed by atoms with Gasteiger partial charge < -0.3 is 24.4 Å². The molecule has 3 aromatic heterocycles. The van der Waals surface area contributed by atoms with Crippen molar-refractivity contribution < 1.29 is 32.6 Å². The predicted octanol–water partition coefficient (Wildman–Crippen LogP) is 4.04. The molecule has 0 saturated carbocycles. The Morgan fingerprint density at radius 2 is 1.92 bits per heavy atom. The van der Waals surface area contributed by atoms with Crippen LogP contribution in [0.1, 0.15) is 36.0 Å². The van der Waals surface area contributed by atoms with Crippen LogP contribution in [0.5, 0.6) is 5.75 Å². The van der Waals surface area contributed by atoms with Crippen molar-refractivity contribution in [3.63, 3.8) is 0 Å². The summed E-state index contributed by atoms with van der Waals surface area (Å²) in [6.45, 7) is 0.841. The first-order chi connectivity index (χ1) is 23.8.